The third-order valence-electron chi connectivity index (χ3n) is 3.11. The highest BCUT2D eigenvalue weighted by Gasteiger charge is 2.19. The molecular formula is C12H15BrN2O. The number of nitrogens with zero attached hydrogens (tertiary/aromatic N) is 2. The van der Waals surface area contributed by atoms with Gasteiger partial charge in [0, 0.05) is 37.9 Å². The zero-order valence-corrected chi connectivity index (χ0v) is 11.2. The molecule has 0 atom stereocenters. The van der Waals surface area contributed by atoms with Crippen molar-refractivity contribution in [2.75, 3.05) is 6.54 Å². The van der Waals surface area contributed by atoms with E-state index in [1.165, 1.54) is 5.56 Å². The van der Waals surface area contributed by atoms with Gasteiger partial charge >= 0.3 is 0 Å². The standard InChI is InChI=1S/C12H15BrN2O/c1-8(2)15-5-4-11-9(7-15)6-10(13)12(16)14(11)3/h6H,1,4-5,7H2,2-3H3. The van der Waals surface area contributed by atoms with Crippen molar-refractivity contribution in [2.24, 2.45) is 7.05 Å². The first-order valence-corrected chi connectivity index (χ1v) is 6.07. The van der Waals surface area contributed by atoms with Gasteiger partial charge in [0.15, 0.2) is 0 Å². The Hall–Kier alpha value is -1.03. The molecule has 2 heterocycles. The van der Waals surface area contributed by atoms with Crippen LogP contribution < -0.4 is 5.56 Å². The van der Waals surface area contributed by atoms with Crippen LogP contribution in [0.4, 0.5) is 0 Å². The Morgan fingerprint density at radius 1 is 1.56 bits per heavy atom. The van der Waals surface area contributed by atoms with Crippen LogP contribution in [0.3, 0.4) is 0 Å². The number of aromatic nitrogens is 1. The molecule has 0 saturated carbocycles. The predicted molar refractivity (Wildman–Crippen MR) is 68.3 cm³/mol. The van der Waals surface area contributed by atoms with E-state index in [-0.39, 0.29) is 5.56 Å². The third kappa shape index (κ3) is 1.82. The number of fused-ring (bicyclic) bond motifs is 1. The first kappa shape index (κ1) is 11.5. The first-order valence-electron chi connectivity index (χ1n) is 5.28. The molecule has 0 aromatic carbocycles. The molecule has 0 N–H and O–H groups in total. The summed E-state index contributed by atoms with van der Waals surface area (Å²) in [6.45, 7) is 7.76. The average molecular weight is 283 g/mol. The Morgan fingerprint density at radius 2 is 2.25 bits per heavy atom. The maximum Gasteiger partial charge on any atom is 0.264 e. The molecule has 1 aliphatic rings. The fraction of sp³-hybridized carbons (Fsp3) is 0.417. The van der Waals surface area contributed by atoms with E-state index >= 15 is 0 Å². The van der Waals surface area contributed by atoms with Crippen LogP contribution in [-0.2, 0) is 20.0 Å². The molecule has 86 valence electrons. The molecule has 0 amide bonds. The number of halogens is 1. The molecule has 0 aliphatic carbocycles. The Bertz CT molecular complexity index is 504. The largest absolute Gasteiger partial charge is 0.371 e. The van der Waals surface area contributed by atoms with Crippen molar-refractivity contribution < 1.29 is 0 Å². The lowest BCUT2D eigenvalue weighted by atomic mass is 10.0. The smallest absolute Gasteiger partial charge is 0.264 e. The fourth-order valence-electron chi connectivity index (χ4n) is 2.11. The number of allylic oxidation sites excluding steroid dienone is 1. The minimum absolute atomic E-state index is 0.0440. The van der Waals surface area contributed by atoms with E-state index in [1.54, 1.807) is 4.57 Å². The van der Waals surface area contributed by atoms with Crippen molar-refractivity contribution in [3.8, 4) is 0 Å². The molecule has 1 aromatic rings. The van der Waals surface area contributed by atoms with Gasteiger partial charge in [0.1, 0.15) is 0 Å². The van der Waals surface area contributed by atoms with Crippen molar-refractivity contribution in [2.45, 2.75) is 19.9 Å². The summed E-state index contributed by atoms with van der Waals surface area (Å²) in [7, 11) is 1.84. The molecule has 1 aliphatic heterocycles. The lowest BCUT2D eigenvalue weighted by Crippen LogP contribution is -2.34. The summed E-state index contributed by atoms with van der Waals surface area (Å²) in [5.74, 6) is 0. The highest BCUT2D eigenvalue weighted by molar-refractivity contribution is 9.10. The van der Waals surface area contributed by atoms with Crippen molar-refractivity contribution in [1.29, 1.82) is 0 Å². The van der Waals surface area contributed by atoms with Gasteiger partial charge in [-0.15, -0.1) is 0 Å². The Labute approximate surface area is 104 Å². The summed E-state index contributed by atoms with van der Waals surface area (Å²) in [6.07, 6.45) is 0.904. The van der Waals surface area contributed by atoms with Crippen molar-refractivity contribution in [3.63, 3.8) is 0 Å². The van der Waals surface area contributed by atoms with E-state index in [0.717, 1.165) is 30.9 Å². The number of pyridine rings is 1. The molecule has 4 heteroatoms. The van der Waals surface area contributed by atoms with Crippen LogP contribution in [0.15, 0.2) is 27.6 Å². The highest BCUT2D eigenvalue weighted by Crippen LogP contribution is 2.21. The molecular weight excluding hydrogens is 268 g/mol. The Kier molecular flexibility index (Phi) is 2.93. The minimum atomic E-state index is 0.0440. The van der Waals surface area contributed by atoms with E-state index < -0.39 is 0 Å². The van der Waals surface area contributed by atoms with E-state index in [2.05, 4.69) is 27.4 Å². The lowest BCUT2D eigenvalue weighted by Gasteiger charge is -2.31. The zero-order chi connectivity index (χ0) is 11.9. The second kappa shape index (κ2) is 4.09. The van der Waals surface area contributed by atoms with Crippen molar-refractivity contribution in [1.82, 2.24) is 9.47 Å². The predicted octanol–water partition coefficient (Wildman–Crippen LogP) is 2.04. The van der Waals surface area contributed by atoms with Crippen LogP contribution in [-0.4, -0.2) is 16.0 Å². The quantitative estimate of drug-likeness (QED) is 0.788. The molecule has 3 nitrogen and oxygen atoms in total. The SMILES string of the molecule is C=C(C)N1CCc2c(cc(Br)c(=O)n2C)C1. The molecule has 2 rings (SSSR count). The van der Waals surface area contributed by atoms with Gasteiger partial charge in [-0.3, -0.25) is 4.79 Å². The van der Waals surface area contributed by atoms with Crippen LogP contribution in [0, 0.1) is 0 Å². The molecule has 1 aromatic heterocycles. The molecule has 0 radical (unpaired) electrons. The summed E-state index contributed by atoms with van der Waals surface area (Å²) < 4.78 is 2.38. The second-order valence-electron chi connectivity index (χ2n) is 4.24. The summed E-state index contributed by atoms with van der Waals surface area (Å²) in [5, 5.41) is 0. The average Bonchev–Trinajstić information content (AvgIpc) is 2.25. The van der Waals surface area contributed by atoms with Crippen LogP contribution in [0.1, 0.15) is 18.2 Å². The molecule has 0 fully saturated rings. The van der Waals surface area contributed by atoms with Gasteiger partial charge in [0.05, 0.1) is 4.47 Å². The van der Waals surface area contributed by atoms with Crippen LogP contribution in [0.25, 0.3) is 0 Å². The molecule has 0 unspecified atom stereocenters. The molecule has 16 heavy (non-hydrogen) atoms. The van der Waals surface area contributed by atoms with E-state index in [4.69, 9.17) is 0 Å². The summed E-state index contributed by atoms with van der Waals surface area (Å²) in [5.41, 5.74) is 3.48. The van der Waals surface area contributed by atoms with Gasteiger partial charge in [-0.2, -0.15) is 0 Å². The number of hydrogen-bond acceptors (Lipinski definition) is 2. The summed E-state index contributed by atoms with van der Waals surface area (Å²) in [4.78, 5) is 14.0. The van der Waals surface area contributed by atoms with E-state index in [0.29, 0.717) is 4.47 Å². The van der Waals surface area contributed by atoms with Crippen LogP contribution in [0.5, 0.6) is 0 Å². The highest BCUT2D eigenvalue weighted by atomic mass is 79.9. The van der Waals surface area contributed by atoms with Crippen LogP contribution >= 0.6 is 15.9 Å². The maximum atomic E-state index is 11.7. The topological polar surface area (TPSA) is 25.2 Å². The van der Waals surface area contributed by atoms with Gasteiger partial charge in [-0.1, -0.05) is 6.58 Å². The zero-order valence-electron chi connectivity index (χ0n) is 9.59. The normalized spacial score (nSPS) is 14.8. The van der Waals surface area contributed by atoms with Gasteiger partial charge < -0.3 is 9.47 Å². The van der Waals surface area contributed by atoms with Gasteiger partial charge in [0.25, 0.3) is 5.56 Å². The lowest BCUT2D eigenvalue weighted by molar-refractivity contribution is 0.317. The molecule has 0 spiro atoms. The molecule has 0 bridgehead atoms. The first-order chi connectivity index (χ1) is 7.50. The number of hydrogen-bond donors (Lipinski definition) is 0. The van der Waals surface area contributed by atoms with Gasteiger partial charge in [-0.05, 0) is 34.5 Å². The summed E-state index contributed by atoms with van der Waals surface area (Å²) in [6, 6.07) is 1.94. The monoisotopic (exact) mass is 282 g/mol. The van der Waals surface area contributed by atoms with Crippen LogP contribution in [0.2, 0.25) is 0 Å². The minimum Gasteiger partial charge on any atom is -0.371 e. The molecule has 0 saturated heterocycles. The van der Waals surface area contributed by atoms with Gasteiger partial charge in [-0.25, -0.2) is 0 Å². The third-order valence-corrected chi connectivity index (χ3v) is 3.67. The van der Waals surface area contributed by atoms with E-state index in [9.17, 15) is 4.79 Å². The summed E-state index contributed by atoms with van der Waals surface area (Å²) >= 11 is 3.31. The maximum absolute atomic E-state index is 11.7. The fourth-order valence-corrected chi connectivity index (χ4v) is 2.66. The Balaban J connectivity index is 2.48. The number of rotatable bonds is 1. The van der Waals surface area contributed by atoms with E-state index in [1.807, 2.05) is 20.0 Å². The van der Waals surface area contributed by atoms with Crippen molar-refractivity contribution >= 4 is 15.9 Å². The Morgan fingerprint density at radius 3 is 2.88 bits per heavy atom. The van der Waals surface area contributed by atoms with Crippen molar-refractivity contribution in [3.05, 3.63) is 44.4 Å². The second-order valence-corrected chi connectivity index (χ2v) is 5.09. The van der Waals surface area contributed by atoms with Gasteiger partial charge in [0.2, 0.25) is 0 Å².